The van der Waals surface area contributed by atoms with Crippen LogP contribution in [0.5, 0.6) is 0 Å². The van der Waals surface area contributed by atoms with Crippen LogP contribution in [-0.4, -0.2) is 37.9 Å². The van der Waals surface area contributed by atoms with Crippen molar-refractivity contribution in [2.24, 2.45) is 11.7 Å². The van der Waals surface area contributed by atoms with E-state index in [-0.39, 0.29) is 5.92 Å². The van der Waals surface area contributed by atoms with Gasteiger partial charge in [-0.1, -0.05) is 27.7 Å². The first-order valence-electron chi connectivity index (χ1n) is 6.71. The summed E-state index contributed by atoms with van der Waals surface area (Å²) in [7, 11) is -3.46. The number of nitrogens with one attached hydrogen (secondary N) is 1. The van der Waals surface area contributed by atoms with Crippen LogP contribution in [0.1, 0.15) is 47.5 Å². The minimum atomic E-state index is -3.46. The Bertz CT molecular complexity index is 324. The fourth-order valence-electron chi connectivity index (χ4n) is 1.66. The Kier molecular flexibility index (Phi) is 7.36. The average Bonchev–Trinajstić information content (AvgIpc) is 2.32. The normalized spacial score (nSPS) is 16.2. The van der Waals surface area contributed by atoms with Gasteiger partial charge in [0.15, 0.2) is 0 Å². The highest BCUT2D eigenvalue weighted by molar-refractivity contribution is 7.87. The summed E-state index contributed by atoms with van der Waals surface area (Å²) in [4.78, 5) is 0. The van der Waals surface area contributed by atoms with Crippen molar-refractivity contribution in [3.8, 4) is 0 Å². The van der Waals surface area contributed by atoms with E-state index < -0.39 is 15.7 Å². The van der Waals surface area contributed by atoms with Crippen LogP contribution in [-0.2, 0) is 10.2 Å². The number of hydrogen-bond acceptors (Lipinski definition) is 3. The summed E-state index contributed by atoms with van der Waals surface area (Å²) in [6.45, 7) is 11.1. The number of nitrogens with two attached hydrogens (primary N) is 1. The lowest BCUT2D eigenvalue weighted by molar-refractivity contribution is 0.203. The molecule has 0 aliphatic heterocycles. The van der Waals surface area contributed by atoms with Gasteiger partial charge in [-0.25, -0.2) is 4.72 Å². The molecule has 1 unspecified atom stereocenters. The van der Waals surface area contributed by atoms with E-state index in [4.69, 9.17) is 5.73 Å². The van der Waals surface area contributed by atoms with E-state index in [0.29, 0.717) is 26.1 Å². The zero-order valence-electron chi connectivity index (χ0n) is 12.4. The van der Waals surface area contributed by atoms with E-state index in [2.05, 4.69) is 4.72 Å². The first-order chi connectivity index (χ1) is 8.23. The predicted molar refractivity (Wildman–Crippen MR) is 76.5 cm³/mol. The average molecular weight is 279 g/mol. The Hall–Kier alpha value is -0.170. The molecule has 0 saturated carbocycles. The Morgan fingerprint density at radius 3 is 2.22 bits per heavy atom. The summed E-state index contributed by atoms with van der Waals surface area (Å²) in [5.41, 5.74) is 5.25. The zero-order valence-corrected chi connectivity index (χ0v) is 13.2. The maximum absolute atomic E-state index is 12.3. The van der Waals surface area contributed by atoms with Crippen molar-refractivity contribution in [2.75, 3.05) is 19.6 Å². The van der Waals surface area contributed by atoms with Gasteiger partial charge in [0.2, 0.25) is 0 Å². The van der Waals surface area contributed by atoms with E-state index in [0.717, 1.165) is 6.42 Å². The van der Waals surface area contributed by atoms with Crippen molar-refractivity contribution in [2.45, 2.75) is 53.0 Å². The van der Waals surface area contributed by atoms with E-state index in [1.54, 1.807) is 0 Å². The molecule has 0 aliphatic rings. The van der Waals surface area contributed by atoms with Crippen LogP contribution in [0.25, 0.3) is 0 Å². The summed E-state index contributed by atoms with van der Waals surface area (Å²) < 4.78 is 28.9. The van der Waals surface area contributed by atoms with E-state index in [9.17, 15) is 8.42 Å². The van der Waals surface area contributed by atoms with Gasteiger partial charge in [-0.05, 0) is 25.7 Å². The quantitative estimate of drug-likeness (QED) is 0.668. The summed E-state index contributed by atoms with van der Waals surface area (Å²) >= 11 is 0. The molecular formula is C12H29N3O2S. The minimum Gasteiger partial charge on any atom is -0.329 e. The molecule has 0 fully saturated rings. The van der Waals surface area contributed by atoms with Crippen molar-refractivity contribution < 1.29 is 8.42 Å². The van der Waals surface area contributed by atoms with Crippen molar-refractivity contribution in [3.05, 3.63) is 0 Å². The van der Waals surface area contributed by atoms with Gasteiger partial charge in [-0.2, -0.15) is 12.7 Å². The third-order valence-electron chi connectivity index (χ3n) is 3.19. The number of rotatable bonds is 9. The molecule has 0 heterocycles. The van der Waals surface area contributed by atoms with Crippen LogP contribution in [0.15, 0.2) is 0 Å². The molecule has 0 aromatic carbocycles. The Morgan fingerprint density at radius 1 is 1.33 bits per heavy atom. The molecule has 0 saturated heterocycles. The van der Waals surface area contributed by atoms with E-state index >= 15 is 0 Å². The monoisotopic (exact) mass is 279 g/mol. The Labute approximate surface area is 112 Å². The summed E-state index contributed by atoms with van der Waals surface area (Å²) in [5.74, 6) is 0.286. The molecule has 5 nitrogen and oxygen atoms in total. The molecule has 0 aromatic heterocycles. The summed E-state index contributed by atoms with van der Waals surface area (Å²) in [5, 5.41) is 0. The highest BCUT2D eigenvalue weighted by Crippen LogP contribution is 2.21. The van der Waals surface area contributed by atoms with Crippen LogP contribution in [0.2, 0.25) is 0 Å². The molecule has 0 rings (SSSR count). The minimum absolute atomic E-state index is 0.286. The van der Waals surface area contributed by atoms with Gasteiger partial charge in [0.1, 0.15) is 0 Å². The maximum atomic E-state index is 12.3. The van der Waals surface area contributed by atoms with Crippen molar-refractivity contribution in [1.29, 1.82) is 0 Å². The molecule has 110 valence electrons. The third kappa shape index (κ3) is 4.84. The molecular weight excluding hydrogens is 250 g/mol. The molecule has 18 heavy (non-hydrogen) atoms. The first-order valence-corrected chi connectivity index (χ1v) is 8.15. The van der Waals surface area contributed by atoms with Crippen LogP contribution in [0.4, 0.5) is 0 Å². The van der Waals surface area contributed by atoms with E-state index in [1.807, 2.05) is 34.6 Å². The summed E-state index contributed by atoms with van der Waals surface area (Å²) in [6, 6.07) is 0. The fourth-order valence-corrected chi connectivity index (χ4v) is 3.56. The Balaban J connectivity index is 5.09. The van der Waals surface area contributed by atoms with Gasteiger partial charge < -0.3 is 5.73 Å². The highest BCUT2D eigenvalue weighted by Gasteiger charge is 2.36. The van der Waals surface area contributed by atoms with Gasteiger partial charge in [0, 0.05) is 25.2 Å². The van der Waals surface area contributed by atoms with Gasteiger partial charge in [0.25, 0.3) is 10.2 Å². The van der Waals surface area contributed by atoms with Crippen molar-refractivity contribution in [3.63, 3.8) is 0 Å². The van der Waals surface area contributed by atoms with Gasteiger partial charge in [-0.3, -0.25) is 0 Å². The SMILES string of the molecule is CCCN(C(C)(CC)CN)S(=O)(=O)NCC(C)C. The molecule has 0 aliphatic carbocycles. The Morgan fingerprint density at radius 2 is 1.89 bits per heavy atom. The topological polar surface area (TPSA) is 75.4 Å². The first kappa shape index (κ1) is 17.8. The number of hydrogen-bond donors (Lipinski definition) is 2. The van der Waals surface area contributed by atoms with Gasteiger partial charge >= 0.3 is 0 Å². The van der Waals surface area contributed by atoms with Gasteiger partial charge in [-0.15, -0.1) is 0 Å². The van der Waals surface area contributed by atoms with Crippen LogP contribution in [0, 0.1) is 5.92 Å². The third-order valence-corrected chi connectivity index (χ3v) is 4.93. The molecule has 0 amide bonds. The molecule has 0 aromatic rings. The van der Waals surface area contributed by atoms with Crippen LogP contribution >= 0.6 is 0 Å². The van der Waals surface area contributed by atoms with Crippen molar-refractivity contribution >= 4 is 10.2 Å². The molecule has 6 heteroatoms. The number of nitrogens with zero attached hydrogens (tertiary/aromatic N) is 1. The summed E-state index contributed by atoms with van der Waals surface area (Å²) in [6.07, 6.45) is 1.48. The van der Waals surface area contributed by atoms with E-state index in [1.165, 1.54) is 4.31 Å². The predicted octanol–water partition coefficient (Wildman–Crippen LogP) is 1.32. The highest BCUT2D eigenvalue weighted by atomic mass is 32.2. The second-order valence-electron chi connectivity index (χ2n) is 5.37. The second-order valence-corrected chi connectivity index (χ2v) is 7.05. The molecule has 0 spiro atoms. The lowest BCUT2D eigenvalue weighted by Gasteiger charge is -2.38. The lowest BCUT2D eigenvalue weighted by Crippen LogP contribution is -2.57. The molecule has 0 radical (unpaired) electrons. The van der Waals surface area contributed by atoms with Gasteiger partial charge in [0.05, 0.1) is 0 Å². The van der Waals surface area contributed by atoms with Crippen molar-refractivity contribution in [1.82, 2.24) is 9.03 Å². The smallest absolute Gasteiger partial charge is 0.279 e. The maximum Gasteiger partial charge on any atom is 0.279 e. The fraction of sp³-hybridized carbons (Fsp3) is 1.00. The van der Waals surface area contributed by atoms with Crippen LogP contribution < -0.4 is 10.5 Å². The molecule has 1 atom stereocenters. The lowest BCUT2D eigenvalue weighted by atomic mass is 9.99. The zero-order chi connectivity index (χ0) is 14.4. The van der Waals surface area contributed by atoms with Crippen LogP contribution in [0.3, 0.4) is 0 Å². The molecule has 0 bridgehead atoms. The molecule has 3 N–H and O–H groups in total. The largest absolute Gasteiger partial charge is 0.329 e. The standard InChI is InChI=1S/C12H29N3O2S/c1-6-8-15(12(5,7-2)10-13)18(16,17)14-9-11(3)4/h11,14H,6-10,13H2,1-5H3. The second kappa shape index (κ2) is 7.43.